The molecule has 3 rings (SSSR count). The van der Waals surface area contributed by atoms with E-state index >= 15 is 0 Å². The highest BCUT2D eigenvalue weighted by Crippen LogP contribution is 2.28. The minimum Gasteiger partial charge on any atom is -0.467 e. The number of nitrogens with one attached hydrogen (secondary N) is 1. The van der Waals surface area contributed by atoms with Crippen LogP contribution in [-0.2, 0) is 11.3 Å². The van der Waals surface area contributed by atoms with E-state index < -0.39 is 0 Å². The summed E-state index contributed by atoms with van der Waals surface area (Å²) in [5.41, 5.74) is 0.910. The smallest absolute Gasteiger partial charge is 0.317 e. The van der Waals surface area contributed by atoms with E-state index in [4.69, 9.17) is 20.8 Å². The summed E-state index contributed by atoms with van der Waals surface area (Å²) in [4.78, 5) is 14.0. The lowest BCUT2D eigenvalue weighted by molar-refractivity contribution is -0.0154. The molecule has 1 aliphatic rings. The highest BCUT2D eigenvalue weighted by molar-refractivity contribution is 6.31. The number of morpholine rings is 1. The third kappa shape index (κ3) is 3.43. The van der Waals surface area contributed by atoms with Crippen LogP contribution in [0.5, 0.6) is 0 Å². The zero-order chi connectivity index (χ0) is 15.4. The zero-order valence-electron chi connectivity index (χ0n) is 12.0. The molecule has 1 aromatic heterocycles. The lowest BCUT2D eigenvalue weighted by atomic mass is 10.1. The van der Waals surface area contributed by atoms with E-state index in [-0.39, 0.29) is 12.1 Å². The molecule has 1 N–H and O–H groups in total. The first-order valence-electron chi connectivity index (χ1n) is 7.15. The fraction of sp³-hybridized carbons (Fsp3) is 0.312. The molecule has 6 heteroatoms. The van der Waals surface area contributed by atoms with Crippen LogP contribution >= 0.6 is 11.6 Å². The Morgan fingerprint density at radius 3 is 2.95 bits per heavy atom. The monoisotopic (exact) mass is 320 g/mol. The van der Waals surface area contributed by atoms with Crippen LogP contribution in [0.3, 0.4) is 0 Å². The second-order valence-electron chi connectivity index (χ2n) is 5.07. The lowest BCUT2D eigenvalue weighted by Crippen LogP contribution is -2.46. The van der Waals surface area contributed by atoms with Gasteiger partial charge in [0.05, 0.1) is 26.0 Å². The van der Waals surface area contributed by atoms with Gasteiger partial charge in [0.1, 0.15) is 11.9 Å². The summed E-state index contributed by atoms with van der Waals surface area (Å²) in [7, 11) is 0. The maximum Gasteiger partial charge on any atom is 0.317 e. The standard InChI is InChI=1S/C16H17ClN2O3/c17-14-6-2-1-5-13(14)15-11-19(7-9-22-15)16(20)18-10-12-4-3-8-21-12/h1-6,8,15H,7,9-11H2,(H,18,20). The number of carbonyl (C=O) groups excluding carboxylic acids is 1. The average Bonchev–Trinajstić information content (AvgIpc) is 3.06. The number of hydrogen-bond donors (Lipinski definition) is 1. The van der Waals surface area contributed by atoms with Gasteiger partial charge in [-0.1, -0.05) is 29.8 Å². The Labute approximate surface area is 133 Å². The Balaban J connectivity index is 1.60. The van der Waals surface area contributed by atoms with Crippen LogP contribution < -0.4 is 5.32 Å². The first-order chi connectivity index (χ1) is 10.7. The third-order valence-corrected chi connectivity index (χ3v) is 3.94. The summed E-state index contributed by atoms with van der Waals surface area (Å²) in [6.45, 7) is 1.91. The van der Waals surface area contributed by atoms with Gasteiger partial charge in [0, 0.05) is 17.1 Å². The maximum absolute atomic E-state index is 12.2. The quantitative estimate of drug-likeness (QED) is 0.944. The van der Waals surface area contributed by atoms with Crippen molar-refractivity contribution in [1.29, 1.82) is 0 Å². The molecule has 0 aliphatic carbocycles. The molecule has 2 amide bonds. The number of hydrogen-bond acceptors (Lipinski definition) is 3. The van der Waals surface area contributed by atoms with Gasteiger partial charge < -0.3 is 19.4 Å². The van der Waals surface area contributed by atoms with Gasteiger partial charge in [-0.3, -0.25) is 0 Å². The van der Waals surface area contributed by atoms with Crippen molar-refractivity contribution in [1.82, 2.24) is 10.2 Å². The highest BCUT2D eigenvalue weighted by atomic mass is 35.5. The molecule has 1 saturated heterocycles. The first-order valence-corrected chi connectivity index (χ1v) is 7.53. The predicted molar refractivity (Wildman–Crippen MR) is 82.7 cm³/mol. The summed E-state index contributed by atoms with van der Waals surface area (Å²) in [6.07, 6.45) is 1.39. The first kappa shape index (κ1) is 14.9. The van der Waals surface area contributed by atoms with Crippen molar-refractivity contribution >= 4 is 17.6 Å². The maximum atomic E-state index is 12.2. The molecule has 0 spiro atoms. The number of carbonyl (C=O) groups is 1. The zero-order valence-corrected chi connectivity index (χ0v) is 12.8. The molecule has 1 atom stereocenters. The minimum absolute atomic E-state index is 0.128. The molecular weight excluding hydrogens is 304 g/mol. The molecular formula is C16H17ClN2O3. The Morgan fingerprint density at radius 2 is 2.18 bits per heavy atom. The molecule has 5 nitrogen and oxygen atoms in total. The average molecular weight is 321 g/mol. The summed E-state index contributed by atoms with van der Waals surface area (Å²) in [5, 5.41) is 3.50. The van der Waals surface area contributed by atoms with Crippen molar-refractivity contribution in [3.63, 3.8) is 0 Å². The Morgan fingerprint density at radius 1 is 1.32 bits per heavy atom. The lowest BCUT2D eigenvalue weighted by Gasteiger charge is -2.33. The van der Waals surface area contributed by atoms with Crippen LogP contribution in [0.15, 0.2) is 47.1 Å². The van der Waals surface area contributed by atoms with Crippen LogP contribution in [0, 0.1) is 0 Å². The number of rotatable bonds is 3. The van der Waals surface area contributed by atoms with E-state index in [1.807, 2.05) is 30.3 Å². The third-order valence-electron chi connectivity index (χ3n) is 3.60. The molecule has 0 bridgehead atoms. The van der Waals surface area contributed by atoms with Gasteiger partial charge in [-0.25, -0.2) is 4.79 Å². The number of amides is 2. The van der Waals surface area contributed by atoms with Crippen LogP contribution in [0.4, 0.5) is 4.79 Å². The van der Waals surface area contributed by atoms with Gasteiger partial charge in [0.2, 0.25) is 0 Å². The predicted octanol–water partition coefficient (Wildman–Crippen LogP) is 3.22. The van der Waals surface area contributed by atoms with Crippen LogP contribution in [-0.4, -0.2) is 30.6 Å². The van der Waals surface area contributed by atoms with E-state index in [0.717, 1.165) is 11.3 Å². The van der Waals surface area contributed by atoms with E-state index in [9.17, 15) is 4.79 Å². The van der Waals surface area contributed by atoms with E-state index in [1.54, 1.807) is 17.2 Å². The molecule has 1 fully saturated rings. The number of benzene rings is 1. The van der Waals surface area contributed by atoms with Crippen LogP contribution in [0.1, 0.15) is 17.4 Å². The number of halogens is 1. The highest BCUT2D eigenvalue weighted by Gasteiger charge is 2.26. The van der Waals surface area contributed by atoms with Crippen molar-refractivity contribution in [2.75, 3.05) is 19.7 Å². The summed E-state index contributed by atoms with van der Waals surface area (Å²) in [5.74, 6) is 0.726. The molecule has 116 valence electrons. The largest absolute Gasteiger partial charge is 0.467 e. The second-order valence-corrected chi connectivity index (χ2v) is 5.47. The normalized spacial score (nSPS) is 18.2. The fourth-order valence-corrected chi connectivity index (χ4v) is 2.70. The summed E-state index contributed by atoms with van der Waals surface area (Å²) >= 11 is 6.20. The molecule has 22 heavy (non-hydrogen) atoms. The molecule has 0 radical (unpaired) electrons. The molecule has 1 aliphatic heterocycles. The van der Waals surface area contributed by atoms with Gasteiger partial charge in [0.25, 0.3) is 0 Å². The van der Waals surface area contributed by atoms with Gasteiger partial charge in [0.15, 0.2) is 0 Å². The topological polar surface area (TPSA) is 54.7 Å². The van der Waals surface area contributed by atoms with Crippen molar-refractivity contribution in [2.24, 2.45) is 0 Å². The SMILES string of the molecule is O=C(NCc1ccco1)N1CCOC(c2ccccc2Cl)C1. The van der Waals surface area contributed by atoms with Crippen molar-refractivity contribution < 1.29 is 13.9 Å². The van der Waals surface area contributed by atoms with E-state index in [0.29, 0.717) is 31.3 Å². The van der Waals surface area contributed by atoms with Gasteiger partial charge >= 0.3 is 6.03 Å². The van der Waals surface area contributed by atoms with Crippen molar-refractivity contribution in [3.8, 4) is 0 Å². The Kier molecular flexibility index (Phi) is 4.65. The number of ether oxygens (including phenoxy) is 1. The number of urea groups is 1. The molecule has 1 aromatic carbocycles. The number of furan rings is 1. The summed E-state index contributed by atoms with van der Waals surface area (Å²) < 4.78 is 11.0. The molecule has 1 unspecified atom stereocenters. The second kappa shape index (κ2) is 6.85. The van der Waals surface area contributed by atoms with Gasteiger partial charge in [-0.05, 0) is 18.2 Å². The Bertz CT molecular complexity index is 630. The summed E-state index contributed by atoms with van der Waals surface area (Å²) in [6, 6.07) is 11.0. The van der Waals surface area contributed by atoms with Crippen LogP contribution in [0.2, 0.25) is 5.02 Å². The molecule has 2 aromatic rings. The Hall–Kier alpha value is -1.98. The van der Waals surface area contributed by atoms with E-state index in [2.05, 4.69) is 5.32 Å². The molecule has 2 heterocycles. The van der Waals surface area contributed by atoms with Crippen LogP contribution in [0.25, 0.3) is 0 Å². The van der Waals surface area contributed by atoms with Crippen molar-refractivity contribution in [2.45, 2.75) is 12.6 Å². The fourth-order valence-electron chi connectivity index (χ4n) is 2.45. The van der Waals surface area contributed by atoms with Crippen molar-refractivity contribution in [3.05, 3.63) is 59.0 Å². The molecule has 0 saturated carbocycles. The van der Waals surface area contributed by atoms with Gasteiger partial charge in [-0.2, -0.15) is 0 Å². The van der Waals surface area contributed by atoms with Gasteiger partial charge in [-0.15, -0.1) is 0 Å². The number of nitrogens with zero attached hydrogens (tertiary/aromatic N) is 1. The minimum atomic E-state index is -0.197. The van der Waals surface area contributed by atoms with E-state index in [1.165, 1.54) is 0 Å².